The third-order valence-electron chi connectivity index (χ3n) is 3.34. The van der Waals surface area contributed by atoms with E-state index in [1.807, 2.05) is 25.1 Å². The Labute approximate surface area is 124 Å². The van der Waals surface area contributed by atoms with Crippen LogP contribution in [0.25, 0.3) is 0 Å². The Morgan fingerprint density at radius 2 is 2.20 bits per heavy atom. The lowest BCUT2D eigenvalue weighted by atomic mass is 9.99. The quantitative estimate of drug-likeness (QED) is 0.850. The van der Waals surface area contributed by atoms with Crippen LogP contribution in [0.5, 0.6) is 5.75 Å². The number of ether oxygens (including phenoxy) is 2. The van der Waals surface area contributed by atoms with Gasteiger partial charge in [0.1, 0.15) is 12.4 Å². The molecule has 1 aliphatic rings. The van der Waals surface area contributed by atoms with E-state index in [0.29, 0.717) is 37.1 Å². The van der Waals surface area contributed by atoms with Crippen LogP contribution in [0.15, 0.2) is 18.2 Å². The topological polar surface area (TPSA) is 47.6 Å². The third kappa shape index (κ3) is 4.39. The Kier molecular flexibility index (Phi) is 5.68. The van der Waals surface area contributed by atoms with Crippen molar-refractivity contribution in [3.05, 3.63) is 28.8 Å². The van der Waals surface area contributed by atoms with E-state index in [1.165, 1.54) is 0 Å². The Morgan fingerprint density at radius 3 is 2.95 bits per heavy atom. The van der Waals surface area contributed by atoms with Crippen molar-refractivity contribution in [1.82, 2.24) is 5.32 Å². The summed E-state index contributed by atoms with van der Waals surface area (Å²) in [5.74, 6) is 0.825. The molecule has 1 aromatic carbocycles. The number of aryl methyl sites for hydroxylation is 1. The first-order chi connectivity index (χ1) is 9.66. The van der Waals surface area contributed by atoms with E-state index in [1.54, 1.807) is 0 Å². The highest BCUT2D eigenvalue weighted by Crippen LogP contribution is 2.25. The maximum absolute atomic E-state index is 11.9. The van der Waals surface area contributed by atoms with Crippen LogP contribution in [0.4, 0.5) is 0 Å². The van der Waals surface area contributed by atoms with Gasteiger partial charge in [0.15, 0.2) is 0 Å². The molecular weight excluding hydrogens is 278 g/mol. The van der Waals surface area contributed by atoms with Gasteiger partial charge in [-0.05, 0) is 37.5 Å². The molecule has 1 heterocycles. The second-order valence-electron chi connectivity index (χ2n) is 4.96. The van der Waals surface area contributed by atoms with Gasteiger partial charge in [-0.2, -0.15) is 0 Å². The molecule has 0 aromatic heterocycles. The maximum Gasteiger partial charge on any atom is 0.223 e. The van der Waals surface area contributed by atoms with Crippen molar-refractivity contribution in [3.63, 3.8) is 0 Å². The van der Waals surface area contributed by atoms with Crippen LogP contribution < -0.4 is 10.1 Å². The summed E-state index contributed by atoms with van der Waals surface area (Å²) in [4.78, 5) is 11.9. The second-order valence-corrected chi connectivity index (χ2v) is 5.37. The fraction of sp³-hybridized carbons (Fsp3) is 0.533. The van der Waals surface area contributed by atoms with Crippen molar-refractivity contribution in [2.24, 2.45) is 5.92 Å². The van der Waals surface area contributed by atoms with Crippen LogP contribution >= 0.6 is 11.6 Å². The third-order valence-corrected chi connectivity index (χ3v) is 3.65. The van der Waals surface area contributed by atoms with E-state index < -0.39 is 0 Å². The zero-order valence-electron chi connectivity index (χ0n) is 11.7. The molecule has 0 unspecified atom stereocenters. The number of amides is 1. The molecule has 0 atom stereocenters. The molecule has 0 aliphatic carbocycles. The van der Waals surface area contributed by atoms with Gasteiger partial charge in [0.25, 0.3) is 0 Å². The molecule has 0 bridgehead atoms. The highest BCUT2D eigenvalue weighted by atomic mass is 35.5. The summed E-state index contributed by atoms with van der Waals surface area (Å²) < 4.78 is 10.8. The van der Waals surface area contributed by atoms with Gasteiger partial charge in [0.2, 0.25) is 5.91 Å². The molecule has 1 fully saturated rings. The minimum absolute atomic E-state index is 0.0753. The molecule has 0 saturated carbocycles. The first kappa shape index (κ1) is 15.1. The number of rotatable bonds is 5. The number of nitrogens with one attached hydrogen (secondary N) is 1. The monoisotopic (exact) mass is 297 g/mol. The number of hydrogen-bond donors (Lipinski definition) is 1. The van der Waals surface area contributed by atoms with Crippen molar-refractivity contribution in [3.8, 4) is 5.75 Å². The number of benzene rings is 1. The largest absolute Gasteiger partial charge is 0.490 e. The number of carbonyl (C=O) groups is 1. The summed E-state index contributed by atoms with van der Waals surface area (Å²) in [5, 5.41) is 3.48. The number of carbonyl (C=O) groups excluding carboxylic acids is 1. The molecule has 1 aliphatic heterocycles. The van der Waals surface area contributed by atoms with Crippen LogP contribution in [0.1, 0.15) is 18.4 Å². The van der Waals surface area contributed by atoms with E-state index in [0.717, 1.165) is 18.4 Å². The van der Waals surface area contributed by atoms with Gasteiger partial charge >= 0.3 is 0 Å². The van der Waals surface area contributed by atoms with Gasteiger partial charge in [0, 0.05) is 19.1 Å². The van der Waals surface area contributed by atoms with Crippen LogP contribution in [0.2, 0.25) is 5.02 Å². The zero-order valence-corrected chi connectivity index (χ0v) is 12.4. The number of hydrogen-bond acceptors (Lipinski definition) is 3. The van der Waals surface area contributed by atoms with Crippen molar-refractivity contribution >= 4 is 17.5 Å². The summed E-state index contributed by atoms with van der Waals surface area (Å²) in [6, 6.07) is 5.64. The van der Waals surface area contributed by atoms with E-state index in [2.05, 4.69) is 5.32 Å². The van der Waals surface area contributed by atoms with Crippen LogP contribution in [0.3, 0.4) is 0 Å². The summed E-state index contributed by atoms with van der Waals surface area (Å²) in [5.41, 5.74) is 1.09. The van der Waals surface area contributed by atoms with Crippen LogP contribution in [0, 0.1) is 12.8 Å². The Morgan fingerprint density at radius 1 is 1.45 bits per heavy atom. The summed E-state index contributed by atoms with van der Waals surface area (Å²) in [6.45, 7) is 4.23. The maximum atomic E-state index is 11.9. The highest BCUT2D eigenvalue weighted by Gasteiger charge is 2.20. The standard InChI is InChI=1S/C15H20ClNO3/c1-11-2-3-13(16)14(10-11)20-9-6-17-15(18)12-4-7-19-8-5-12/h2-3,10,12H,4-9H2,1H3,(H,17,18). The van der Waals surface area contributed by atoms with Crippen molar-refractivity contribution < 1.29 is 14.3 Å². The lowest BCUT2D eigenvalue weighted by Gasteiger charge is -2.21. The molecule has 1 saturated heterocycles. The Balaban J connectivity index is 1.70. The van der Waals surface area contributed by atoms with Gasteiger partial charge in [-0.15, -0.1) is 0 Å². The van der Waals surface area contributed by atoms with E-state index in [4.69, 9.17) is 21.1 Å². The Hall–Kier alpha value is -1.26. The van der Waals surface area contributed by atoms with E-state index in [9.17, 15) is 4.79 Å². The summed E-state index contributed by atoms with van der Waals surface area (Å²) in [7, 11) is 0. The summed E-state index contributed by atoms with van der Waals surface area (Å²) >= 11 is 6.03. The molecular formula is C15H20ClNO3. The van der Waals surface area contributed by atoms with Crippen molar-refractivity contribution in [2.45, 2.75) is 19.8 Å². The predicted molar refractivity (Wildman–Crippen MR) is 78.2 cm³/mol. The van der Waals surface area contributed by atoms with Gasteiger partial charge in [-0.1, -0.05) is 17.7 Å². The van der Waals surface area contributed by atoms with Gasteiger partial charge in [-0.3, -0.25) is 4.79 Å². The lowest BCUT2D eigenvalue weighted by molar-refractivity contribution is -0.127. The average Bonchev–Trinajstić information content (AvgIpc) is 2.47. The first-order valence-corrected chi connectivity index (χ1v) is 7.29. The molecule has 2 rings (SSSR count). The van der Waals surface area contributed by atoms with E-state index >= 15 is 0 Å². The molecule has 110 valence electrons. The first-order valence-electron chi connectivity index (χ1n) is 6.91. The number of halogens is 1. The smallest absolute Gasteiger partial charge is 0.223 e. The molecule has 1 N–H and O–H groups in total. The fourth-order valence-corrected chi connectivity index (χ4v) is 2.33. The highest BCUT2D eigenvalue weighted by molar-refractivity contribution is 6.32. The molecule has 1 aromatic rings. The zero-order chi connectivity index (χ0) is 14.4. The van der Waals surface area contributed by atoms with Crippen molar-refractivity contribution in [1.29, 1.82) is 0 Å². The second kappa shape index (κ2) is 7.50. The minimum atomic E-state index is 0.0753. The molecule has 0 radical (unpaired) electrons. The Bertz CT molecular complexity index is 458. The van der Waals surface area contributed by atoms with E-state index in [-0.39, 0.29) is 11.8 Å². The lowest BCUT2D eigenvalue weighted by Crippen LogP contribution is -2.36. The molecule has 0 spiro atoms. The van der Waals surface area contributed by atoms with Gasteiger partial charge in [-0.25, -0.2) is 0 Å². The van der Waals surface area contributed by atoms with Crippen molar-refractivity contribution in [2.75, 3.05) is 26.4 Å². The normalized spacial score (nSPS) is 15.9. The fourth-order valence-electron chi connectivity index (χ4n) is 2.16. The molecule has 5 heteroatoms. The van der Waals surface area contributed by atoms with Crippen LogP contribution in [-0.4, -0.2) is 32.3 Å². The molecule has 20 heavy (non-hydrogen) atoms. The van der Waals surface area contributed by atoms with Gasteiger partial charge in [0.05, 0.1) is 11.6 Å². The SMILES string of the molecule is Cc1ccc(Cl)c(OCCNC(=O)C2CCOCC2)c1. The summed E-state index contributed by atoms with van der Waals surface area (Å²) in [6.07, 6.45) is 1.60. The van der Waals surface area contributed by atoms with Crippen LogP contribution in [-0.2, 0) is 9.53 Å². The predicted octanol–water partition coefficient (Wildman–Crippen LogP) is 2.57. The van der Waals surface area contributed by atoms with Gasteiger partial charge < -0.3 is 14.8 Å². The minimum Gasteiger partial charge on any atom is -0.490 e. The molecule has 4 nitrogen and oxygen atoms in total. The average molecular weight is 298 g/mol. The molecule has 1 amide bonds.